The van der Waals surface area contributed by atoms with Crippen LogP contribution in [0.2, 0.25) is 0 Å². The van der Waals surface area contributed by atoms with E-state index < -0.39 is 17.6 Å². The maximum atomic E-state index is 13.3. The lowest BCUT2D eigenvalue weighted by atomic mass is 9.99. The van der Waals surface area contributed by atoms with Gasteiger partial charge in [0.05, 0.1) is 17.4 Å². The summed E-state index contributed by atoms with van der Waals surface area (Å²) in [6, 6.07) is 3.76. The lowest BCUT2D eigenvalue weighted by Crippen LogP contribution is -2.55. The zero-order chi connectivity index (χ0) is 22.1. The third-order valence-electron chi connectivity index (χ3n) is 7.26. The molecular weight excluding hydrogens is 407 g/mol. The van der Waals surface area contributed by atoms with Crippen molar-refractivity contribution in [2.45, 2.75) is 57.0 Å². The van der Waals surface area contributed by atoms with Crippen molar-refractivity contribution in [2.75, 3.05) is 25.9 Å². The summed E-state index contributed by atoms with van der Waals surface area (Å²) in [5.41, 5.74) is 6.54. The predicted molar refractivity (Wildman–Crippen MR) is 110 cm³/mol. The number of alkyl halides is 3. The number of hydrogen-bond acceptors (Lipinski definition) is 5. The Kier molecular flexibility index (Phi) is 4.82. The van der Waals surface area contributed by atoms with Gasteiger partial charge in [-0.2, -0.15) is 18.3 Å². The molecule has 0 spiro atoms. The highest BCUT2D eigenvalue weighted by atomic mass is 19.4. The summed E-state index contributed by atoms with van der Waals surface area (Å²) in [7, 11) is 1.77. The number of nitrogen functional groups attached to an aromatic ring is 1. The molecule has 0 unspecified atom stereocenters. The summed E-state index contributed by atoms with van der Waals surface area (Å²) >= 11 is 0. The van der Waals surface area contributed by atoms with E-state index in [0.29, 0.717) is 41.2 Å². The molecule has 4 atom stereocenters. The Bertz CT molecular complexity index is 970. The Morgan fingerprint density at radius 3 is 2.42 bits per heavy atom. The first-order valence-corrected chi connectivity index (χ1v) is 10.9. The highest BCUT2D eigenvalue weighted by Crippen LogP contribution is 2.64. The Hall–Kier alpha value is -2.13. The fourth-order valence-corrected chi connectivity index (χ4v) is 5.52. The van der Waals surface area contributed by atoms with Crippen LogP contribution in [0.5, 0.6) is 0 Å². The molecule has 2 saturated carbocycles. The second-order valence-electron chi connectivity index (χ2n) is 9.44. The molecule has 3 fully saturated rings. The SMILES string of the molecule is COC1CN([C@H]2C[C@@H]3[C@H](C2)[C@H]3c2cc(-c3cnc(N)c(C(F)(F)F)c3)nn2C(C)C)C1. The first-order chi connectivity index (χ1) is 14.7. The molecule has 1 aliphatic heterocycles. The van der Waals surface area contributed by atoms with Crippen LogP contribution >= 0.6 is 0 Å². The molecule has 2 aromatic heterocycles. The summed E-state index contributed by atoms with van der Waals surface area (Å²) in [4.78, 5) is 6.29. The standard InChI is InChI=1S/C22H28F3N5O/c1-11(2)30-19(20-15-5-13(6-16(15)20)29-9-14(10-29)31-3)7-18(28-30)12-4-17(22(23,24)25)21(26)27-8-12/h4,7-8,11,13-16,20H,5-6,9-10H2,1-3H3,(H2,26,27)/t13-,15+,16-,20-. The van der Waals surface area contributed by atoms with Gasteiger partial charge in [-0.05, 0) is 50.7 Å². The van der Waals surface area contributed by atoms with E-state index in [1.165, 1.54) is 19.0 Å². The van der Waals surface area contributed by atoms with Gasteiger partial charge in [0, 0.05) is 55.7 Å². The van der Waals surface area contributed by atoms with Crippen molar-refractivity contribution < 1.29 is 17.9 Å². The van der Waals surface area contributed by atoms with Crippen molar-refractivity contribution in [3.63, 3.8) is 0 Å². The number of nitrogens with zero attached hydrogens (tertiary/aromatic N) is 4. The zero-order valence-electron chi connectivity index (χ0n) is 17.9. The minimum Gasteiger partial charge on any atom is -0.383 e. The third kappa shape index (κ3) is 3.51. The van der Waals surface area contributed by atoms with Crippen LogP contribution in [0.4, 0.5) is 19.0 Å². The Balaban J connectivity index is 1.37. The number of pyridine rings is 1. The van der Waals surface area contributed by atoms with E-state index in [9.17, 15) is 13.2 Å². The van der Waals surface area contributed by atoms with Crippen LogP contribution in [0, 0.1) is 11.8 Å². The normalized spacial score (nSPS) is 28.7. The molecule has 9 heteroatoms. The van der Waals surface area contributed by atoms with Crippen molar-refractivity contribution >= 4 is 5.82 Å². The van der Waals surface area contributed by atoms with Crippen LogP contribution in [0.25, 0.3) is 11.3 Å². The van der Waals surface area contributed by atoms with Gasteiger partial charge in [0.25, 0.3) is 0 Å². The van der Waals surface area contributed by atoms with Crippen molar-refractivity contribution in [3.8, 4) is 11.3 Å². The Morgan fingerprint density at radius 1 is 1.16 bits per heavy atom. The van der Waals surface area contributed by atoms with Gasteiger partial charge >= 0.3 is 6.18 Å². The number of nitrogens with two attached hydrogens (primary N) is 1. The maximum absolute atomic E-state index is 13.3. The molecule has 0 amide bonds. The molecule has 6 nitrogen and oxygen atoms in total. The number of hydrogen-bond donors (Lipinski definition) is 1. The first kappa shape index (κ1) is 20.8. The highest BCUT2D eigenvalue weighted by Gasteiger charge is 2.59. The molecule has 5 rings (SSSR count). The molecule has 168 valence electrons. The molecule has 2 N–H and O–H groups in total. The van der Waals surface area contributed by atoms with E-state index in [-0.39, 0.29) is 6.04 Å². The van der Waals surface area contributed by atoms with Crippen LogP contribution in [-0.4, -0.2) is 52.0 Å². The summed E-state index contributed by atoms with van der Waals surface area (Å²) in [5, 5.41) is 4.67. The van der Waals surface area contributed by atoms with Gasteiger partial charge in [-0.1, -0.05) is 0 Å². The number of ether oxygens (including phenoxy) is 1. The van der Waals surface area contributed by atoms with Gasteiger partial charge in [0.15, 0.2) is 0 Å². The quantitative estimate of drug-likeness (QED) is 0.770. The number of methoxy groups -OCH3 is 1. The van der Waals surface area contributed by atoms with Crippen LogP contribution in [0.1, 0.15) is 49.9 Å². The second kappa shape index (κ2) is 7.20. The van der Waals surface area contributed by atoms with E-state index in [4.69, 9.17) is 10.5 Å². The van der Waals surface area contributed by atoms with Gasteiger partial charge in [0.1, 0.15) is 5.82 Å². The number of rotatable bonds is 5. The molecule has 2 aromatic rings. The monoisotopic (exact) mass is 435 g/mol. The average Bonchev–Trinajstić information content (AvgIpc) is 3.03. The zero-order valence-corrected chi connectivity index (χ0v) is 17.9. The molecule has 0 aromatic carbocycles. The van der Waals surface area contributed by atoms with Crippen molar-refractivity contribution in [2.24, 2.45) is 11.8 Å². The second-order valence-corrected chi connectivity index (χ2v) is 9.44. The minimum atomic E-state index is -4.54. The molecular formula is C22H28F3N5O. The summed E-state index contributed by atoms with van der Waals surface area (Å²) in [6.45, 7) is 6.14. The summed E-state index contributed by atoms with van der Waals surface area (Å²) in [5.74, 6) is 1.18. The molecule has 31 heavy (non-hydrogen) atoms. The molecule has 3 heterocycles. The van der Waals surface area contributed by atoms with Gasteiger partial charge in [-0.15, -0.1) is 0 Å². The molecule has 3 aliphatic rings. The molecule has 1 saturated heterocycles. The molecule has 0 bridgehead atoms. The average molecular weight is 435 g/mol. The largest absolute Gasteiger partial charge is 0.419 e. The molecule has 0 radical (unpaired) electrons. The fraction of sp³-hybridized carbons (Fsp3) is 0.636. The Morgan fingerprint density at radius 2 is 1.84 bits per heavy atom. The van der Waals surface area contributed by atoms with Gasteiger partial charge in [0.2, 0.25) is 0 Å². The number of halogens is 3. The lowest BCUT2D eigenvalue weighted by Gasteiger charge is -2.43. The number of likely N-dealkylation sites (tertiary alicyclic amines) is 1. The van der Waals surface area contributed by atoms with Crippen LogP contribution in [0.15, 0.2) is 18.3 Å². The van der Waals surface area contributed by atoms with Crippen LogP contribution < -0.4 is 5.73 Å². The van der Waals surface area contributed by atoms with Crippen LogP contribution in [-0.2, 0) is 10.9 Å². The van der Waals surface area contributed by atoms with Gasteiger partial charge in [-0.25, -0.2) is 4.98 Å². The predicted octanol–water partition coefficient (Wildman–Crippen LogP) is 3.95. The lowest BCUT2D eigenvalue weighted by molar-refractivity contribution is -0.137. The maximum Gasteiger partial charge on any atom is 0.419 e. The minimum absolute atomic E-state index is 0.127. The topological polar surface area (TPSA) is 69.2 Å². The summed E-state index contributed by atoms with van der Waals surface area (Å²) in [6.07, 6.45) is -0.454. The van der Waals surface area contributed by atoms with Crippen LogP contribution in [0.3, 0.4) is 0 Å². The summed E-state index contributed by atoms with van der Waals surface area (Å²) < 4.78 is 47.2. The fourth-order valence-electron chi connectivity index (χ4n) is 5.52. The van der Waals surface area contributed by atoms with E-state index in [1.54, 1.807) is 7.11 Å². The first-order valence-electron chi connectivity index (χ1n) is 10.9. The van der Waals surface area contributed by atoms with Crippen molar-refractivity contribution in [1.29, 1.82) is 0 Å². The van der Waals surface area contributed by atoms with Crippen molar-refractivity contribution in [1.82, 2.24) is 19.7 Å². The molecule has 2 aliphatic carbocycles. The van der Waals surface area contributed by atoms with E-state index in [1.807, 2.05) is 10.7 Å². The number of aromatic nitrogens is 3. The third-order valence-corrected chi connectivity index (χ3v) is 7.26. The van der Waals surface area contributed by atoms with E-state index >= 15 is 0 Å². The van der Waals surface area contributed by atoms with Crippen molar-refractivity contribution in [3.05, 3.63) is 29.6 Å². The highest BCUT2D eigenvalue weighted by molar-refractivity contribution is 5.63. The Labute approximate surface area is 179 Å². The van der Waals surface area contributed by atoms with E-state index in [2.05, 4.69) is 28.8 Å². The number of fused-ring (bicyclic) bond motifs is 1. The smallest absolute Gasteiger partial charge is 0.383 e. The van der Waals surface area contributed by atoms with Gasteiger partial charge in [-0.3, -0.25) is 9.58 Å². The van der Waals surface area contributed by atoms with E-state index in [0.717, 1.165) is 24.8 Å². The van der Waals surface area contributed by atoms with Gasteiger partial charge < -0.3 is 10.5 Å². The number of anilines is 1.